The van der Waals surface area contributed by atoms with Crippen molar-refractivity contribution in [3.05, 3.63) is 69.8 Å². The number of hydrogen-bond donors (Lipinski definition) is 1. The summed E-state index contributed by atoms with van der Waals surface area (Å²) in [5, 5.41) is 12.6. The van der Waals surface area contributed by atoms with Gasteiger partial charge in [-0.05, 0) is 47.7 Å². The van der Waals surface area contributed by atoms with Gasteiger partial charge in [-0.2, -0.15) is 5.26 Å². The Morgan fingerprint density at radius 1 is 1.21 bits per heavy atom. The molecule has 0 saturated heterocycles. The smallest absolute Gasteiger partial charge is 0.266 e. The summed E-state index contributed by atoms with van der Waals surface area (Å²) in [5.41, 5.74) is 3.44. The first-order chi connectivity index (χ1) is 11.4. The number of carbonyl (C=O) groups is 1. The summed E-state index contributed by atoms with van der Waals surface area (Å²) in [6.07, 6.45) is 1.58. The van der Waals surface area contributed by atoms with Gasteiger partial charge in [-0.1, -0.05) is 55.8 Å². The summed E-state index contributed by atoms with van der Waals surface area (Å²) < 4.78 is 0. The number of amides is 1. The van der Waals surface area contributed by atoms with Crippen LogP contribution in [0.25, 0.3) is 6.08 Å². The Balaban J connectivity index is 2.22. The monoisotopic (exact) mass is 338 g/mol. The average Bonchev–Trinajstić information content (AvgIpc) is 2.57. The number of rotatable bonds is 4. The molecule has 0 unspecified atom stereocenters. The van der Waals surface area contributed by atoms with Crippen molar-refractivity contribution in [1.82, 2.24) is 0 Å². The molecule has 0 radical (unpaired) electrons. The molecule has 1 amide bonds. The van der Waals surface area contributed by atoms with E-state index < -0.39 is 5.91 Å². The molecule has 3 nitrogen and oxygen atoms in total. The molecule has 0 fully saturated rings. The first kappa shape index (κ1) is 17.8. The Labute approximate surface area is 147 Å². The Morgan fingerprint density at radius 3 is 2.46 bits per heavy atom. The number of nitriles is 1. The molecule has 0 spiro atoms. The minimum absolute atomic E-state index is 0.0478. The van der Waals surface area contributed by atoms with Gasteiger partial charge in [-0.25, -0.2) is 0 Å². The largest absolute Gasteiger partial charge is 0.321 e. The van der Waals surface area contributed by atoms with E-state index in [1.807, 2.05) is 37.3 Å². The van der Waals surface area contributed by atoms with Crippen LogP contribution in [0.2, 0.25) is 5.02 Å². The van der Waals surface area contributed by atoms with E-state index in [9.17, 15) is 10.1 Å². The maximum Gasteiger partial charge on any atom is 0.266 e. The van der Waals surface area contributed by atoms with Gasteiger partial charge in [0.2, 0.25) is 0 Å². The molecule has 2 rings (SSSR count). The van der Waals surface area contributed by atoms with Crippen LogP contribution in [0, 0.1) is 18.3 Å². The quantitative estimate of drug-likeness (QED) is 0.606. The SMILES string of the molecule is Cc1c(Cl)cccc1NC(=O)C(C#N)=Cc1ccc(C(C)C)cc1. The van der Waals surface area contributed by atoms with Gasteiger partial charge in [-0.3, -0.25) is 4.79 Å². The van der Waals surface area contributed by atoms with Crippen LogP contribution in [0.1, 0.15) is 36.5 Å². The second-order valence-electron chi connectivity index (χ2n) is 5.86. The second kappa shape index (κ2) is 7.81. The molecule has 2 aromatic carbocycles. The highest BCUT2D eigenvalue weighted by Crippen LogP contribution is 2.23. The van der Waals surface area contributed by atoms with Crippen LogP contribution in [0.5, 0.6) is 0 Å². The molecule has 4 heteroatoms. The van der Waals surface area contributed by atoms with Crippen LogP contribution < -0.4 is 5.32 Å². The Bertz CT molecular complexity index is 815. The van der Waals surface area contributed by atoms with E-state index in [4.69, 9.17) is 11.6 Å². The molecular weight excluding hydrogens is 320 g/mol. The number of anilines is 1. The zero-order chi connectivity index (χ0) is 17.7. The van der Waals surface area contributed by atoms with Gasteiger partial charge < -0.3 is 5.32 Å². The number of carbonyl (C=O) groups excluding carboxylic acids is 1. The van der Waals surface area contributed by atoms with Crippen molar-refractivity contribution >= 4 is 29.3 Å². The minimum Gasteiger partial charge on any atom is -0.321 e. The van der Waals surface area contributed by atoms with E-state index in [-0.39, 0.29) is 5.57 Å². The van der Waals surface area contributed by atoms with Crippen LogP contribution in [0.4, 0.5) is 5.69 Å². The van der Waals surface area contributed by atoms with Crippen LogP contribution >= 0.6 is 11.6 Å². The van der Waals surface area contributed by atoms with E-state index in [1.54, 1.807) is 24.3 Å². The fraction of sp³-hybridized carbons (Fsp3) is 0.200. The lowest BCUT2D eigenvalue weighted by Gasteiger charge is -2.09. The van der Waals surface area contributed by atoms with Gasteiger partial charge in [-0.15, -0.1) is 0 Å². The Morgan fingerprint density at radius 2 is 1.88 bits per heavy atom. The molecule has 0 saturated carbocycles. The molecule has 0 aliphatic heterocycles. The van der Waals surface area contributed by atoms with Crippen molar-refractivity contribution in [2.45, 2.75) is 26.7 Å². The van der Waals surface area contributed by atoms with E-state index in [1.165, 1.54) is 5.56 Å². The molecular formula is C20H19ClN2O. The fourth-order valence-electron chi connectivity index (χ4n) is 2.22. The molecule has 1 N–H and O–H groups in total. The molecule has 122 valence electrons. The third kappa shape index (κ3) is 4.24. The summed E-state index contributed by atoms with van der Waals surface area (Å²) in [7, 11) is 0. The lowest BCUT2D eigenvalue weighted by Crippen LogP contribution is -2.14. The molecule has 24 heavy (non-hydrogen) atoms. The average molecular weight is 339 g/mol. The van der Waals surface area contributed by atoms with Gasteiger partial charge in [0.15, 0.2) is 0 Å². The standard InChI is InChI=1S/C20H19ClN2O/c1-13(2)16-9-7-15(8-10-16)11-17(12-22)20(24)23-19-6-4-5-18(21)14(19)3/h4-11,13H,1-3H3,(H,23,24). The van der Waals surface area contributed by atoms with Crippen molar-refractivity contribution in [2.24, 2.45) is 0 Å². The van der Waals surface area contributed by atoms with Crippen LogP contribution in [0.15, 0.2) is 48.0 Å². The fourth-order valence-corrected chi connectivity index (χ4v) is 2.40. The lowest BCUT2D eigenvalue weighted by molar-refractivity contribution is -0.112. The summed E-state index contributed by atoms with van der Waals surface area (Å²) in [4.78, 5) is 12.3. The zero-order valence-corrected chi connectivity index (χ0v) is 14.7. The maximum absolute atomic E-state index is 12.3. The molecule has 0 atom stereocenters. The first-order valence-corrected chi connectivity index (χ1v) is 8.08. The maximum atomic E-state index is 12.3. The molecule has 0 aromatic heterocycles. The van der Waals surface area contributed by atoms with E-state index >= 15 is 0 Å². The van der Waals surface area contributed by atoms with E-state index in [0.29, 0.717) is 16.6 Å². The molecule has 0 bridgehead atoms. The highest BCUT2D eigenvalue weighted by Gasteiger charge is 2.12. The third-order valence-electron chi connectivity index (χ3n) is 3.80. The number of halogens is 1. The van der Waals surface area contributed by atoms with E-state index in [2.05, 4.69) is 19.2 Å². The first-order valence-electron chi connectivity index (χ1n) is 7.70. The van der Waals surface area contributed by atoms with Gasteiger partial charge >= 0.3 is 0 Å². The van der Waals surface area contributed by atoms with Gasteiger partial charge in [0.1, 0.15) is 11.6 Å². The predicted molar refractivity (Wildman–Crippen MR) is 98.9 cm³/mol. The lowest BCUT2D eigenvalue weighted by atomic mass is 10.0. The Kier molecular flexibility index (Phi) is 5.78. The van der Waals surface area contributed by atoms with Crippen LogP contribution in [-0.2, 0) is 4.79 Å². The summed E-state index contributed by atoms with van der Waals surface area (Å²) in [6.45, 7) is 6.05. The Hall–Kier alpha value is -2.57. The molecule has 0 heterocycles. The summed E-state index contributed by atoms with van der Waals surface area (Å²) in [6, 6.07) is 15.0. The zero-order valence-electron chi connectivity index (χ0n) is 13.9. The van der Waals surface area contributed by atoms with Crippen molar-refractivity contribution < 1.29 is 4.79 Å². The normalized spacial score (nSPS) is 11.2. The van der Waals surface area contributed by atoms with Gasteiger partial charge in [0.25, 0.3) is 5.91 Å². The van der Waals surface area contributed by atoms with Crippen LogP contribution in [0.3, 0.4) is 0 Å². The third-order valence-corrected chi connectivity index (χ3v) is 4.20. The van der Waals surface area contributed by atoms with E-state index in [0.717, 1.165) is 11.1 Å². The molecule has 2 aromatic rings. The van der Waals surface area contributed by atoms with Crippen molar-refractivity contribution in [2.75, 3.05) is 5.32 Å². The number of benzene rings is 2. The van der Waals surface area contributed by atoms with Crippen molar-refractivity contribution in [3.8, 4) is 6.07 Å². The highest BCUT2D eigenvalue weighted by atomic mass is 35.5. The van der Waals surface area contributed by atoms with Gasteiger partial charge in [0, 0.05) is 10.7 Å². The number of hydrogen-bond acceptors (Lipinski definition) is 2. The topological polar surface area (TPSA) is 52.9 Å². The summed E-state index contributed by atoms with van der Waals surface area (Å²) in [5.74, 6) is -0.0108. The van der Waals surface area contributed by atoms with Crippen molar-refractivity contribution in [3.63, 3.8) is 0 Å². The molecule has 0 aliphatic carbocycles. The molecule has 0 aliphatic rings. The number of nitrogens with one attached hydrogen (secondary N) is 1. The minimum atomic E-state index is -0.448. The summed E-state index contributed by atoms with van der Waals surface area (Å²) >= 11 is 6.05. The van der Waals surface area contributed by atoms with Crippen molar-refractivity contribution in [1.29, 1.82) is 5.26 Å². The van der Waals surface area contributed by atoms with Crippen LogP contribution in [-0.4, -0.2) is 5.91 Å². The number of nitrogens with zero attached hydrogens (tertiary/aromatic N) is 1. The predicted octanol–water partition coefficient (Wildman–Crippen LogP) is 5.32. The van der Waals surface area contributed by atoms with Gasteiger partial charge in [0.05, 0.1) is 0 Å². The highest BCUT2D eigenvalue weighted by molar-refractivity contribution is 6.31. The second-order valence-corrected chi connectivity index (χ2v) is 6.26.